The van der Waals surface area contributed by atoms with Gasteiger partial charge in [0.1, 0.15) is 0 Å². The van der Waals surface area contributed by atoms with Gasteiger partial charge in [-0.15, -0.1) is 0 Å². The molecule has 6 heteroatoms. The molecule has 1 saturated heterocycles. The number of carbonyl (C=O) groups excluding carboxylic acids is 2. The smallest absolute Gasteiger partial charge is 0.230 e. The highest BCUT2D eigenvalue weighted by molar-refractivity contribution is 5.99. The second-order valence-corrected chi connectivity index (χ2v) is 5.64. The highest BCUT2D eigenvalue weighted by Gasteiger charge is 2.31. The van der Waals surface area contributed by atoms with Crippen LogP contribution in [0.4, 0.5) is 11.5 Å². The van der Waals surface area contributed by atoms with E-state index in [2.05, 4.69) is 4.98 Å². The van der Waals surface area contributed by atoms with Gasteiger partial charge in [-0.2, -0.15) is 0 Å². The van der Waals surface area contributed by atoms with Crippen LogP contribution in [0.5, 0.6) is 0 Å². The second-order valence-electron chi connectivity index (χ2n) is 5.64. The van der Waals surface area contributed by atoms with E-state index in [1.54, 1.807) is 30.1 Å². The van der Waals surface area contributed by atoms with E-state index in [1.165, 1.54) is 0 Å². The van der Waals surface area contributed by atoms with Crippen molar-refractivity contribution in [3.63, 3.8) is 0 Å². The molecule has 0 bridgehead atoms. The molecule has 1 aromatic rings. The molecule has 21 heavy (non-hydrogen) atoms. The van der Waals surface area contributed by atoms with Crippen LogP contribution in [0.15, 0.2) is 18.3 Å². The summed E-state index contributed by atoms with van der Waals surface area (Å²) in [5, 5.41) is 0. The fraction of sp³-hybridized carbons (Fsp3) is 0.533. The van der Waals surface area contributed by atoms with Crippen molar-refractivity contribution in [2.75, 3.05) is 44.5 Å². The van der Waals surface area contributed by atoms with Crippen molar-refractivity contribution >= 4 is 23.3 Å². The quantitative estimate of drug-likeness (QED) is 0.832. The minimum atomic E-state index is -0.242. The number of nitrogens with zero attached hydrogens (tertiary/aromatic N) is 4. The number of amides is 2. The molecule has 2 rings (SSSR count). The van der Waals surface area contributed by atoms with E-state index in [1.807, 2.05) is 31.1 Å². The zero-order chi connectivity index (χ0) is 15.6. The Kier molecular flexibility index (Phi) is 4.45. The number of aromatic nitrogens is 1. The molecule has 114 valence electrons. The number of pyridine rings is 1. The van der Waals surface area contributed by atoms with Gasteiger partial charge in [-0.1, -0.05) is 0 Å². The molecule has 1 unspecified atom stereocenters. The van der Waals surface area contributed by atoms with E-state index in [0.717, 1.165) is 11.5 Å². The van der Waals surface area contributed by atoms with Gasteiger partial charge in [0.05, 0.1) is 5.69 Å². The monoisotopic (exact) mass is 290 g/mol. The number of piperidine rings is 1. The number of hydrogen-bond acceptors (Lipinski definition) is 4. The average molecular weight is 290 g/mol. The normalized spacial score (nSPS) is 18.6. The number of carbonyl (C=O) groups is 2. The Morgan fingerprint density at radius 3 is 2.71 bits per heavy atom. The summed E-state index contributed by atoms with van der Waals surface area (Å²) in [6.45, 7) is 0.636. The molecule has 1 aliphatic rings. The Morgan fingerprint density at radius 2 is 2.10 bits per heavy atom. The molecule has 1 aliphatic heterocycles. The van der Waals surface area contributed by atoms with Crippen LogP contribution in [0.1, 0.15) is 12.8 Å². The van der Waals surface area contributed by atoms with Crippen molar-refractivity contribution in [2.45, 2.75) is 12.8 Å². The molecule has 6 nitrogen and oxygen atoms in total. The van der Waals surface area contributed by atoms with Crippen LogP contribution in [0, 0.1) is 5.92 Å². The van der Waals surface area contributed by atoms with Crippen molar-refractivity contribution in [3.8, 4) is 0 Å². The lowest BCUT2D eigenvalue weighted by Gasteiger charge is -2.31. The van der Waals surface area contributed by atoms with Gasteiger partial charge in [-0.3, -0.25) is 9.59 Å². The van der Waals surface area contributed by atoms with Gasteiger partial charge in [0.2, 0.25) is 11.8 Å². The summed E-state index contributed by atoms with van der Waals surface area (Å²) < 4.78 is 0. The summed E-state index contributed by atoms with van der Waals surface area (Å²) >= 11 is 0. The average Bonchev–Trinajstić information content (AvgIpc) is 2.48. The molecule has 2 heterocycles. The zero-order valence-electron chi connectivity index (χ0n) is 13.0. The third-order valence-electron chi connectivity index (χ3n) is 3.89. The van der Waals surface area contributed by atoms with Crippen LogP contribution >= 0.6 is 0 Å². The zero-order valence-corrected chi connectivity index (χ0v) is 13.0. The first-order valence-corrected chi connectivity index (χ1v) is 7.05. The Labute approximate surface area is 125 Å². The maximum atomic E-state index is 12.6. The topological polar surface area (TPSA) is 56.8 Å². The predicted molar refractivity (Wildman–Crippen MR) is 82.3 cm³/mol. The maximum absolute atomic E-state index is 12.6. The van der Waals surface area contributed by atoms with Gasteiger partial charge in [0, 0.05) is 53.3 Å². The highest BCUT2D eigenvalue weighted by atomic mass is 16.2. The minimum absolute atomic E-state index is 0.0208. The number of hydrogen-bond donors (Lipinski definition) is 0. The largest absolute Gasteiger partial charge is 0.361 e. The van der Waals surface area contributed by atoms with Crippen molar-refractivity contribution in [1.29, 1.82) is 0 Å². The van der Waals surface area contributed by atoms with E-state index < -0.39 is 0 Å². The third kappa shape index (κ3) is 3.15. The molecular weight excluding hydrogens is 268 g/mol. The van der Waals surface area contributed by atoms with Gasteiger partial charge in [0.25, 0.3) is 0 Å². The maximum Gasteiger partial charge on any atom is 0.230 e. The minimum Gasteiger partial charge on any atom is -0.361 e. The number of anilines is 2. The van der Waals surface area contributed by atoms with Crippen molar-refractivity contribution in [2.24, 2.45) is 5.92 Å². The van der Waals surface area contributed by atoms with Crippen molar-refractivity contribution in [3.05, 3.63) is 18.3 Å². The molecule has 1 atom stereocenters. The third-order valence-corrected chi connectivity index (χ3v) is 3.89. The molecule has 0 spiro atoms. The van der Waals surface area contributed by atoms with E-state index >= 15 is 0 Å². The molecule has 1 aromatic heterocycles. The van der Waals surface area contributed by atoms with E-state index in [9.17, 15) is 9.59 Å². The number of rotatable bonds is 3. The van der Waals surface area contributed by atoms with Crippen LogP contribution in [0.25, 0.3) is 0 Å². The molecule has 0 aromatic carbocycles. The SMILES string of the molecule is CN1CCC(C(=O)N(C)c2cccnc2N(C)C)CC1=O. The van der Waals surface area contributed by atoms with Gasteiger partial charge in [-0.25, -0.2) is 4.98 Å². The van der Waals surface area contributed by atoms with E-state index in [0.29, 0.717) is 13.0 Å². The molecule has 0 radical (unpaired) electrons. The first-order chi connectivity index (χ1) is 9.91. The Balaban J connectivity index is 2.18. The fourth-order valence-electron chi connectivity index (χ4n) is 2.54. The summed E-state index contributed by atoms with van der Waals surface area (Å²) in [7, 11) is 7.31. The van der Waals surface area contributed by atoms with Crippen LogP contribution in [0.2, 0.25) is 0 Å². The molecular formula is C15H22N4O2. The fourth-order valence-corrected chi connectivity index (χ4v) is 2.54. The molecule has 1 fully saturated rings. The summed E-state index contributed by atoms with van der Waals surface area (Å²) in [5.41, 5.74) is 0.763. The summed E-state index contributed by atoms with van der Waals surface area (Å²) in [6, 6.07) is 3.68. The van der Waals surface area contributed by atoms with Crippen LogP contribution in [0.3, 0.4) is 0 Å². The number of likely N-dealkylation sites (tertiary alicyclic amines) is 1. The second kappa shape index (κ2) is 6.11. The standard InChI is InChI=1S/C15H22N4O2/c1-17(2)14-12(6-5-8-16-14)19(4)15(21)11-7-9-18(3)13(20)10-11/h5-6,8,11H,7,9-10H2,1-4H3. The Morgan fingerprint density at radius 1 is 1.38 bits per heavy atom. The lowest BCUT2D eigenvalue weighted by molar-refractivity contribution is -0.138. The summed E-state index contributed by atoms with van der Waals surface area (Å²) in [5.74, 6) is 0.515. The van der Waals surface area contributed by atoms with Gasteiger partial charge < -0.3 is 14.7 Å². The van der Waals surface area contributed by atoms with Gasteiger partial charge >= 0.3 is 0 Å². The predicted octanol–water partition coefficient (Wildman–Crippen LogP) is 0.979. The van der Waals surface area contributed by atoms with Gasteiger partial charge in [0.15, 0.2) is 5.82 Å². The summed E-state index contributed by atoms with van der Waals surface area (Å²) in [4.78, 5) is 33.9. The first kappa shape index (κ1) is 15.3. The summed E-state index contributed by atoms with van der Waals surface area (Å²) in [6.07, 6.45) is 2.70. The Hall–Kier alpha value is -2.11. The van der Waals surface area contributed by atoms with E-state index in [4.69, 9.17) is 0 Å². The van der Waals surface area contributed by atoms with Gasteiger partial charge in [-0.05, 0) is 18.6 Å². The Bertz CT molecular complexity index is 544. The van der Waals surface area contributed by atoms with Crippen LogP contribution < -0.4 is 9.80 Å². The lowest BCUT2D eigenvalue weighted by Crippen LogP contribution is -2.43. The molecule has 0 N–H and O–H groups in total. The molecule has 2 amide bonds. The molecule has 0 saturated carbocycles. The highest BCUT2D eigenvalue weighted by Crippen LogP contribution is 2.27. The molecule has 0 aliphatic carbocycles. The van der Waals surface area contributed by atoms with Crippen LogP contribution in [-0.4, -0.2) is 56.4 Å². The van der Waals surface area contributed by atoms with Crippen molar-refractivity contribution < 1.29 is 9.59 Å². The van der Waals surface area contributed by atoms with Crippen molar-refractivity contribution in [1.82, 2.24) is 9.88 Å². The van der Waals surface area contributed by atoms with E-state index in [-0.39, 0.29) is 24.2 Å². The lowest BCUT2D eigenvalue weighted by atomic mass is 9.95. The first-order valence-electron chi connectivity index (χ1n) is 7.05. The van der Waals surface area contributed by atoms with Crippen LogP contribution in [-0.2, 0) is 9.59 Å².